The van der Waals surface area contributed by atoms with Crippen LogP contribution in [0, 0.1) is 5.92 Å². The number of hydrogen-bond acceptors (Lipinski definition) is 5. The first-order chi connectivity index (χ1) is 12.0. The van der Waals surface area contributed by atoms with Crippen LogP contribution in [-0.2, 0) is 16.0 Å². The average molecular weight is 349 g/mol. The Labute approximate surface area is 148 Å². The topological polar surface area (TPSA) is 75.9 Å². The average Bonchev–Trinajstić information content (AvgIpc) is 3.20. The third-order valence-electron chi connectivity index (χ3n) is 4.69. The highest BCUT2D eigenvalue weighted by Crippen LogP contribution is 2.17. The molecular weight excluding hydrogens is 322 g/mol. The van der Waals surface area contributed by atoms with Crippen LogP contribution in [0.2, 0.25) is 0 Å². The third-order valence-corrected chi connectivity index (χ3v) is 4.69. The van der Waals surface area contributed by atoms with Crippen LogP contribution in [-0.4, -0.2) is 65.7 Å². The molecule has 0 aromatic carbocycles. The van der Waals surface area contributed by atoms with Gasteiger partial charge in [-0.15, -0.1) is 0 Å². The molecule has 2 fully saturated rings. The van der Waals surface area contributed by atoms with E-state index in [2.05, 4.69) is 19.0 Å². The second kappa shape index (κ2) is 7.99. The van der Waals surface area contributed by atoms with Gasteiger partial charge in [0.05, 0.1) is 5.69 Å². The lowest BCUT2D eigenvalue weighted by Gasteiger charge is -2.23. The van der Waals surface area contributed by atoms with Gasteiger partial charge in [0.2, 0.25) is 5.76 Å². The SMILES string of the molecule is CC(C)Cc1cc(C(=O)N2CCCN(C(=O)[C@@H]3CCCO3)CC2)on1. The van der Waals surface area contributed by atoms with Gasteiger partial charge in [0, 0.05) is 38.9 Å². The molecule has 1 aromatic rings. The summed E-state index contributed by atoms with van der Waals surface area (Å²) in [6.45, 7) is 7.20. The molecule has 2 aliphatic rings. The van der Waals surface area contributed by atoms with Gasteiger partial charge in [-0.05, 0) is 31.6 Å². The van der Waals surface area contributed by atoms with Crippen LogP contribution >= 0.6 is 0 Å². The summed E-state index contributed by atoms with van der Waals surface area (Å²) in [5, 5.41) is 3.99. The van der Waals surface area contributed by atoms with E-state index in [9.17, 15) is 9.59 Å². The van der Waals surface area contributed by atoms with E-state index in [-0.39, 0.29) is 23.7 Å². The first-order valence-electron chi connectivity index (χ1n) is 9.20. The van der Waals surface area contributed by atoms with Crippen molar-refractivity contribution in [2.24, 2.45) is 5.92 Å². The van der Waals surface area contributed by atoms with Crippen LogP contribution in [0.1, 0.15) is 49.4 Å². The maximum Gasteiger partial charge on any atom is 0.292 e. The van der Waals surface area contributed by atoms with Crippen molar-refractivity contribution in [1.82, 2.24) is 15.0 Å². The maximum atomic E-state index is 12.6. The van der Waals surface area contributed by atoms with Gasteiger partial charge in [-0.3, -0.25) is 9.59 Å². The Balaban J connectivity index is 1.57. The third kappa shape index (κ3) is 4.39. The summed E-state index contributed by atoms with van der Waals surface area (Å²) in [7, 11) is 0. The molecule has 25 heavy (non-hydrogen) atoms. The second-order valence-electron chi connectivity index (χ2n) is 7.25. The zero-order valence-corrected chi connectivity index (χ0v) is 15.1. The standard InChI is InChI=1S/C18H27N3O4/c1-13(2)11-14-12-16(25-19-14)18(23)21-7-4-6-20(8-9-21)17(22)15-5-3-10-24-15/h12-13,15H,3-11H2,1-2H3/t15-/m0/s1. The number of aromatic nitrogens is 1. The number of amides is 2. The molecule has 0 saturated carbocycles. The lowest BCUT2D eigenvalue weighted by atomic mass is 10.1. The van der Waals surface area contributed by atoms with Crippen LogP contribution in [0.5, 0.6) is 0 Å². The molecule has 0 bridgehead atoms. The lowest BCUT2D eigenvalue weighted by molar-refractivity contribution is -0.140. The number of carbonyl (C=O) groups is 2. The van der Waals surface area contributed by atoms with Crippen LogP contribution in [0.4, 0.5) is 0 Å². The lowest BCUT2D eigenvalue weighted by Crippen LogP contribution is -2.41. The zero-order valence-electron chi connectivity index (χ0n) is 15.1. The quantitative estimate of drug-likeness (QED) is 0.827. The summed E-state index contributed by atoms with van der Waals surface area (Å²) in [6.07, 6.45) is 3.00. The van der Waals surface area contributed by atoms with Crippen molar-refractivity contribution in [1.29, 1.82) is 0 Å². The van der Waals surface area contributed by atoms with E-state index in [0.29, 0.717) is 38.7 Å². The Morgan fingerprint density at radius 1 is 1.20 bits per heavy atom. The number of ether oxygens (including phenoxy) is 1. The number of rotatable bonds is 4. The van der Waals surface area contributed by atoms with Crippen LogP contribution < -0.4 is 0 Å². The highest BCUT2D eigenvalue weighted by molar-refractivity contribution is 5.91. The maximum absolute atomic E-state index is 12.6. The van der Waals surface area contributed by atoms with Crippen molar-refractivity contribution in [3.8, 4) is 0 Å². The highest BCUT2D eigenvalue weighted by atomic mass is 16.5. The molecule has 0 aliphatic carbocycles. The summed E-state index contributed by atoms with van der Waals surface area (Å²) in [4.78, 5) is 28.7. The predicted molar refractivity (Wildman–Crippen MR) is 91.1 cm³/mol. The monoisotopic (exact) mass is 349 g/mol. The molecule has 2 saturated heterocycles. The first-order valence-corrected chi connectivity index (χ1v) is 9.20. The van der Waals surface area contributed by atoms with Gasteiger partial charge in [-0.1, -0.05) is 19.0 Å². The fourth-order valence-electron chi connectivity index (χ4n) is 3.40. The van der Waals surface area contributed by atoms with Crippen molar-refractivity contribution in [2.75, 3.05) is 32.8 Å². The van der Waals surface area contributed by atoms with Gasteiger partial charge in [-0.2, -0.15) is 0 Å². The molecule has 0 spiro atoms. The number of hydrogen-bond donors (Lipinski definition) is 0. The summed E-state index contributed by atoms with van der Waals surface area (Å²) in [5.74, 6) is 0.665. The van der Waals surface area contributed by atoms with Crippen LogP contribution in [0.25, 0.3) is 0 Å². The van der Waals surface area contributed by atoms with Crippen molar-refractivity contribution in [3.05, 3.63) is 17.5 Å². The van der Waals surface area contributed by atoms with Gasteiger partial charge >= 0.3 is 0 Å². The molecule has 3 heterocycles. The van der Waals surface area contributed by atoms with Gasteiger partial charge in [0.1, 0.15) is 6.10 Å². The fraction of sp³-hybridized carbons (Fsp3) is 0.722. The Morgan fingerprint density at radius 3 is 2.68 bits per heavy atom. The molecule has 0 unspecified atom stereocenters. The van der Waals surface area contributed by atoms with Gasteiger partial charge in [0.25, 0.3) is 11.8 Å². The van der Waals surface area contributed by atoms with Gasteiger partial charge < -0.3 is 19.1 Å². The van der Waals surface area contributed by atoms with E-state index >= 15 is 0 Å². The summed E-state index contributed by atoms with van der Waals surface area (Å²) in [5.41, 5.74) is 0.809. The van der Waals surface area contributed by atoms with Crippen molar-refractivity contribution in [2.45, 2.75) is 45.6 Å². The molecule has 2 aliphatic heterocycles. The highest BCUT2D eigenvalue weighted by Gasteiger charge is 2.30. The molecular formula is C18H27N3O4. The van der Waals surface area contributed by atoms with Crippen LogP contribution in [0.3, 0.4) is 0 Å². The molecule has 1 aromatic heterocycles. The number of carbonyl (C=O) groups excluding carboxylic acids is 2. The minimum Gasteiger partial charge on any atom is -0.368 e. The van der Waals surface area contributed by atoms with E-state index < -0.39 is 0 Å². The first kappa shape index (κ1) is 17.9. The molecule has 1 atom stereocenters. The summed E-state index contributed by atoms with van der Waals surface area (Å²) in [6, 6.07) is 1.74. The number of nitrogens with zero attached hydrogens (tertiary/aromatic N) is 3. The van der Waals surface area contributed by atoms with E-state index in [1.165, 1.54) is 0 Å². The molecule has 138 valence electrons. The molecule has 0 radical (unpaired) electrons. The normalized spacial score (nSPS) is 21.6. The van der Waals surface area contributed by atoms with Crippen molar-refractivity contribution < 1.29 is 18.8 Å². The van der Waals surface area contributed by atoms with Crippen molar-refractivity contribution >= 4 is 11.8 Å². The van der Waals surface area contributed by atoms with E-state index in [1.54, 1.807) is 11.0 Å². The molecule has 7 nitrogen and oxygen atoms in total. The largest absolute Gasteiger partial charge is 0.368 e. The molecule has 7 heteroatoms. The van der Waals surface area contributed by atoms with Gasteiger partial charge in [-0.25, -0.2) is 0 Å². The Bertz CT molecular complexity index is 607. The minimum absolute atomic E-state index is 0.0608. The Hall–Kier alpha value is -1.89. The summed E-state index contributed by atoms with van der Waals surface area (Å²) < 4.78 is 10.7. The minimum atomic E-state index is -0.296. The van der Waals surface area contributed by atoms with E-state index in [0.717, 1.165) is 31.4 Å². The Morgan fingerprint density at radius 2 is 1.96 bits per heavy atom. The van der Waals surface area contributed by atoms with E-state index in [1.807, 2.05) is 4.90 Å². The molecule has 2 amide bonds. The zero-order chi connectivity index (χ0) is 17.8. The summed E-state index contributed by atoms with van der Waals surface area (Å²) >= 11 is 0. The molecule has 0 N–H and O–H groups in total. The van der Waals surface area contributed by atoms with E-state index in [4.69, 9.17) is 9.26 Å². The Kier molecular flexibility index (Phi) is 5.73. The van der Waals surface area contributed by atoms with Crippen LogP contribution in [0.15, 0.2) is 10.6 Å². The second-order valence-corrected chi connectivity index (χ2v) is 7.25. The van der Waals surface area contributed by atoms with Crippen molar-refractivity contribution in [3.63, 3.8) is 0 Å². The molecule has 3 rings (SSSR count). The van der Waals surface area contributed by atoms with Gasteiger partial charge in [0.15, 0.2) is 0 Å². The predicted octanol–water partition coefficient (Wildman–Crippen LogP) is 1.73. The smallest absolute Gasteiger partial charge is 0.292 e. The fourth-order valence-corrected chi connectivity index (χ4v) is 3.40.